The van der Waals surface area contributed by atoms with Gasteiger partial charge in [-0.25, -0.2) is 4.39 Å². The van der Waals surface area contributed by atoms with Gasteiger partial charge in [-0.3, -0.25) is 9.69 Å². The van der Waals surface area contributed by atoms with Crippen molar-refractivity contribution >= 4 is 5.91 Å². The van der Waals surface area contributed by atoms with Crippen LogP contribution >= 0.6 is 0 Å². The number of aliphatic hydroxyl groups is 1. The maximum absolute atomic E-state index is 13.8. The van der Waals surface area contributed by atoms with Gasteiger partial charge in [0.1, 0.15) is 11.6 Å². The van der Waals surface area contributed by atoms with Gasteiger partial charge in [0.05, 0.1) is 25.0 Å². The number of carbonyl (C=O) groups excluding carboxylic acids is 1. The molecule has 128 valence electrons. The molecular formula is C18H21FN2O3. The molecule has 1 aromatic heterocycles. The number of nitrogens with zero attached hydrogens (tertiary/aromatic N) is 1. The number of furan rings is 1. The molecular weight excluding hydrogens is 311 g/mol. The molecule has 2 aromatic rings. The number of hydrogen-bond acceptors (Lipinski definition) is 4. The molecule has 1 saturated heterocycles. The van der Waals surface area contributed by atoms with Crippen molar-refractivity contribution in [2.45, 2.75) is 31.5 Å². The lowest BCUT2D eigenvalue weighted by Crippen LogP contribution is -2.44. The number of carbonyl (C=O) groups is 1. The third-order valence-electron chi connectivity index (χ3n) is 4.35. The lowest BCUT2D eigenvalue weighted by atomic mass is 10.1. The van der Waals surface area contributed by atoms with Gasteiger partial charge < -0.3 is 14.8 Å². The van der Waals surface area contributed by atoms with Crippen molar-refractivity contribution in [2.24, 2.45) is 0 Å². The van der Waals surface area contributed by atoms with Gasteiger partial charge in [0, 0.05) is 12.1 Å². The van der Waals surface area contributed by atoms with Crippen LogP contribution in [0.25, 0.3) is 0 Å². The van der Waals surface area contributed by atoms with Crippen LogP contribution in [0.15, 0.2) is 47.1 Å². The Bertz CT molecular complexity index is 675. The molecule has 1 amide bonds. The largest absolute Gasteiger partial charge is 0.467 e. The van der Waals surface area contributed by atoms with Crippen molar-refractivity contribution in [2.75, 3.05) is 13.1 Å². The minimum atomic E-state index is -0.954. The van der Waals surface area contributed by atoms with E-state index in [0.29, 0.717) is 18.8 Å². The molecule has 6 heteroatoms. The fourth-order valence-corrected chi connectivity index (χ4v) is 3.11. The maximum Gasteiger partial charge on any atom is 0.237 e. The second-order valence-corrected chi connectivity index (χ2v) is 5.99. The molecule has 2 unspecified atom stereocenters. The second kappa shape index (κ2) is 7.59. The van der Waals surface area contributed by atoms with Gasteiger partial charge in [-0.2, -0.15) is 0 Å². The summed E-state index contributed by atoms with van der Waals surface area (Å²) in [6, 6.07) is 9.45. The molecule has 3 rings (SSSR count). The number of rotatable bonds is 6. The van der Waals surface area contributed by atoms with Gasteiger partial charge >= 0.3 is 0 Å². The summed E-state index contributed by atoms with van der Waals surface area (Å²) >= 11 is 0. The normalized spacial score (nSPS) is 19.3. The van der Waals surface area contributed by atoms with Crippen molar-refractivity contribution in [1.82, 2.24) is 10.2 Å². The van der Waals surface area contributed by atoms with Crippen molar-refractivity contribution in [1.29, 1.82) is 0 Å². The van der Waals surface area contributed by atoms with E-state index in [1.54, 1.807) is 36.6 Å². The Labute approximate surface area is 140 Å². The highest BCUT2D eigenvalue weighted by Gasteiger charge is 2.32. The molecule has 0 aliphatic carbocycles. The van der Waals surface area contributed by atoms with Gasteiger partial charge in [0.2, 0.25) is 5.91 Å². The van der Waals surface area contributed by atoms with Crippen LogP contribution in [0.2, 0.25) is 0 Å². The smallest absolute Gasteiger partial charge is 0.237 e. The zero-order valence-corrected chi connectivity index (χ0v) is 13.3. The summed E-state index contributed by atoms with van der Waals surface area (Å²) in [6.07, 6.45) is 2.22. The molecule has 1 aliphatic rings. The van der Waals surface area contributed by atoms with Crippen LogP contribution in [0.3, 0.4) is 0 Å². The summed E-state index contributed by atoms with van der Waals surface area (Å²) in [7, 11) is 0. The first-order chi connectivity index (χ1) is 11.6. The van der Waals surface area contributed by atoms with E-state index in [0.717, 1.165) is 12.8 Å². The summed E-state index contributed by atoms with van der Waals surface area (Å²) in [4.78, 5) is 14.3. The highest BCUT2D eigenvalue weighted by Crippen LogP contribution is 2.23. The predicted octanol–water partition coefficient (Wildman–Crippen LogP) is 2.23. The molecule has 1 aliphatic heterocycles. The van der Waals surface area contributed by atoms with E-state index in [1.807, 2.05) is 4.90 Å². The number of hydrogen-bond donors (Lipinski definition) is 2. The van der Waals surface area contributed by atoms with Crippen molar-refractivity contribution < 1.29 is 18.7 Å². The monoisotopic (exact) mass is 332 g/mol. The van der Waals surface area contributed by atoms with Crippen LogP contribution in [-0.4, -0.2) is 35.0 Å². The maximum atomic E-state index is 13.8. The van der Waals surface area contributed by atoms with E-state index in [2.05, 4.69) is 5.32 Å². The van der Waals surface area contributed by atoms with Crippen LogP contribution in [0.5, 0.6) is 0 Å². The van der Waals surface area contributed by atoms with Crippen LogP contribution < -0.4 is 5.32 Å². The quantitative estimate of drug-likeness (QED) is 0.851. The van der Waals surface area contributed by atoms with Gasteiger partial charge in [-0.05, 0) is 37.6 Å². The molecule has 24 heavy (non-hydrogen) atoms. The highest BCUT2D eigenvalue weighted by atomic mass is 19.1. The Kier molecular flexibility index (Phi) is 5.27. The lowest BCUT2D eigenvalue weighted by Gasteiger charge is -2.26. The Morgan fingerprint density at radius 2 is 2.21 bits per heavy atom. The van der Waals surface area contributed by atoms with E-state index in [-0.39, 0.29) is 24.1 Å². The Morgan fingerprint density at radius 1 is 1.38 bits per heavy atom. The molecule has 0 spiro atoms. The van der Waals surface area contributed by atoms with Crippen LogP contribution in [0.4, 0.5) is 4.39 Å². The van der Waals surface area contributed by atoms with Gasteiger partial charge in [0.15, 0.2) is 0 Å². The van der Waals surface area contributed by atoms with Crippen molar-refractivity contribution in [3.8, 4) is 0 Å². The average Bonchev–Trinajstić information content (AvgIpc) is 3.24. The van der Waals surface area contributed by atoms with E-state index < -0.39 is 11.9 Å². The van der Waals surface area contributed by atoms with Gasteiger partial charge in [-0.15, -0.1) is 0 Å². The zero-order valence-electron chi connectivity index (χ0n) is 13.3. The van der Waals surface area contributed by atoms with Crippen molar-refractivity contribution in [3.63, 3.8) is 0 Å². The Morgan fingerprint density at radius 3 is 2.96 bits per heavy atom. The summed E-state index contributed by atoms with van der Waals surface area (Å²) in [5.41, 5.74) is 0.263. The molecule has 0 radical (unpaired) electrons. The van der Waals surface area contributed by atoms with Crippen LogP contribution in [-0.2, 0) is 11.3 Å². The lowest BCUT2D eigenvalue weighted by molar-refractivity contribution is -0.126. The summed E-state index contributed by atoms with van der Waals surface area (Å²) in [5.74, 6) is 0.173. The Hall–Kier alpha value is -2.18. The first-order valence-corrected chi connectivity index (χ1v) is 8.12. The third kappa shape index (κ3) is 3.83. The molecule has 0 bridgehead atoms. The van der Waals surface area contributed by atoms with E-state index >= 15 is 0 Å². The minimum Gasteiger partial charge on any atom is -0.467 e. The SMILES string of the molecule is O=C(NCc1ccco1)C1CCCN1CC(O)c1ccccc1F. The van der Waals surface area contributed by atoms with E-state index in [9.17, 15) is 14.3 Å². The first kappa shape index (κ1) is 16.7. The van der Waals surface area contributed by atoms with Gasteiger partial charge in [0.25, 0.3) is 0 Å². The number of benzene rings is 1. The highest BCUT2D eigenvalue weighted by molar-refractivity contribution is 5.81. The number of aliphatic hydroxyl groups excluding tert-OH is 1. The first-order valence-electron chi connectivity index (χ1n) is 8.12. The molecule has 2 heterocycles. The van der Waals surface area contributed by atoms with E-state index in [4.69, 9.17) is 4.42 Å². The molecule has 1 aromatic carbocycles. The number of nitrogens with one attached hydrogen (secondary N) is 1. The van der Waals surface area contributed by atoms with Crippen LogP contribution in [0.1, 0.15) is 30.3 Å². The molecule has 5 nitrogen and oxygen atoms in total. The number of halogens is 1. The predicted molar refractivity (Wildman–Crippen MR) is 86.5 cm³/mol. The molecule has 2 N–H and O–H groups in total. The molecule has 0 saturated carbocycles. The standard InChI is InChI=1S/C18H21FN2O3/c19-15-7-2-1-6-14(15)17(22)12-21-9-3-8-16(21)18(23)20-11-13-5-4-10-24-13/h1-2,4-7,10,16-17,22H,3,8-9,11-12H2,(H,20,23). The number of β-amino-alcohol motifs (C(OH)–C–C–N with tert-alkyl or cyclic N) is 1. The fraction of sp³-hybridized carbons (Fsp3) is 0.389. The summed E-state index contributed by atoms with van der Waals surface area (Å²) < 4.78 is 19.0. The van der Waals surface area contributed by atoms with E-state index in [1.165, 1.54) is 6.07 Å². The topological polar surface area (TPSA) is 65.7 Å². The zero-order chi connectivity index (χ0) is 16.9. The summed E-state index contributed by atoms with van der Waals surface area (Å²) in [6.45, 7) is 1.29. The van der Waals surface area contributed by atoms with Crippen LogP contribution in [0, 0.1) is 5.82 Å². The second-order valence-electron chi connectivity index (χ2n) is 5.99. The number of likely N-dealkylation sites (tertiary alicyclic amines) is 1. The molecule has 2 atom stereocenters. The molecule has 1 fully saturated rings. The minimum absolute atomic E-state index is 0.0929. The fourth-order valence-electron chi connectivity index (χ4n) is 3.11. The number of amides is 1. The third-order valence-corrected chi connectivity index (χ3v) is 4.35. The average molecular weight is 332 g/mol. The Balaban J connectivity index is 1.58. The summed E-state index contributed by atoms with van der Waals surface area (Å²) in [5, 5.41) is 13.2. The van der Waals surface area contributed by atoms with Crippen molar-refractivity contribution in [3.05, 3.63) is 59.8 Å². The van der Waals surface area contributed by atoms with Gasteiger partial charge in [-0.1, -0.05) is 18.2 Å².